The van der Waals surface area contributed by atoms with E-state index in [9.17, 15) is 14.7 Å². The molecule has 2 aromatic rings. The van der Waals surface area contributed by atoms with E-state index in [1.807, 2.05) is 12.1 Å². The van der Waals surface area contributed by atoms with Crippen LogP contribution in [0.5, 0.6) is 5.75 Å². The Morgan fingerprint density at radius 1 is 1.18 bits per heavy atom. The third-order valence-corrected chi connectivity index (χ3v) is 5.88. The topological polar surface area (TPSA) is 115 Å². The highest BCUT2D eigenvalue weighted by Crippen LogP contribution is 2.38. The zero-order valence-corrected chi connectivity index (χ0v) is 18.6. The predicted molar refractivity (Wildman–Crippen MR) is 128 cm³/mol. The SMILES string of the molecule is CC1=NN(CCCC(=O)O)C(=O)/C1=N\Nc1cccc(C2=Cc3c(C)cccc3CC2)c1O. The third kappa shape index (κ3) is 4.64. The number of hydrazone groups is 2. The molecule has 0 spiro atoms. The van der Waals surface area contributed by atoms with Crippen LogP contribution in [0, 0.1) is 6.92 Å². The molecule has 0 unspecified atom stereocenters. The number of hydrogen-bond acceptors (Lipinski definition) is 6. The first-order chi connectivity index (χ1) is 15.8. The van der Waals surface area contributed by atoms with Gasteiger partial charge >= 0.3 is 5.97 Å². The number of phenolic OH excluding ortho intramolecular Hbond substituents is 1. The van der Waals surface area contributed by atoms with Crippen molar-refractivity contribution in [1.82, 2.24) is 5.01 Å². The van der Waals surface area contributed by atoms with Crippen molar-refractivity contribution in [3.63, 3.8) is 0 Å². The number of allylic oxidation sites excluding steroid dienone is 1. The van der Waals surface area contributed by atoms with Crippen LogP contribution in [0.4, 0.5) is 5.69 Å². The van der Waals surface area contributed by atoms with Gasteiger partial charge in [-0.1, -0.05) is 36.4 Å². The molecule has 1 aliphatic heterocycles. The minimum absolute atomic E-state index is 0.0381. The number of nitrogens with zero attached hydrogens (tertiary/aromatic N) is 3. The molecule has 1 aliphatic carbocycles. The van der Waals surface area contributed by atoms with E-state index >= 15 is 0 Å². The molecule has 8 heteroatoms. The first-order valence-corrected chi connectivity index (χ1v) is 10.9. The van der Waals surface area contributed by atoms with Crippen molar-refractivity contribution >= 4 is 40.6 Å². The molecule has 33 heavy (non-hydrogen) atoms. The second kappa shape index (κ2) is 9.28. The van der Waals surface area contributed by atoms with Gasteiger partial charge in [0, 0.05) is 18.5 Å². The molecule has 0 atom stereocenters. The van der Waals surface area contributed by atoms with Gasteiger partial charge in [-0.2, -0.15) is 10.2 Å². The molecule has 0 fully saturated rings. The number of carbonyl (C=O) groups excluding carboxylic acids is 1. The fourth-order valence-corrected chi connectivity index (χ4v) is 4.11. The molecular formula is C25H26N4O4. The molecule has 8 nitrogen and oxygen atoms in total. The lowest BCUT2D eigenvalue weighted by Gasteiger charge is -2.20. The maximum absolute atomic E-state index is 12.6. The largest absolute Gasteiger partial charge is 0.505 e. The van der Waals surface area contributed by atoms with Crippen LogP contribution < -0.4 is 5.43 Å². The molecule has 0 bridgehead atoms. The monoisotopic (exact) mass is 446 g/mol. The van der Waals surface area contributed by atoms with Gasteiger partial charge in [-0.25, -0.2) is 5.01 Å². The first kappa shape index (κ1) is 22.3. The Balaban J connectivity index is 1.53. The van der Waals surface area contributed by atoms with Crippen molar-refractivity contribution in [3.05, 3.63) is 58.7 Å². The molecule has 2 aromatic carbocycles. The van der Waals surface area contributed by atoms with E-state index in [0.717, 1.165) is 24.0 Å². The van der Waals surface area contributed by atoms with Gasteiger partial charge < -0.3 is 10.2 Å². The molecular weight excluding hydrogens is 420 g/mol. The van der Waals surface area contributed by atoms with Crippen LogP contribution in [0.1, 0.15) is 48.4 Å². The Bertz CT molecular complexity index is 1210. The Morgan fingerprint density at radius 2 is 1.97 bits per heavy atom. The third-order valence-electron chi connectivity index (χ3n) is 5.88. The summed E-state index contributed by atoms with van der Waals surface area (Å²) in [6.07, 6.45) is 4.12. The molecule has 0 saturated carbocycles. The zero-order valence-electron chi connectivity index (χ0n) is 18.6. The van der Waals surface area contributed by atoms with Gasteiger partial charge in [-0.15, -0.1) is 0 Å². The van der Waals surface area contributed by atoms with Gasteiger partial charge in [0.1, 0.15) is 5.75 Å². The summed E-state index contributed by atoms with van der Waals surface area (Å²) in [5.74, 6) is -1.24. The number of aliphatic carboxylic acids is 1. The van der Waals surface area contributed by atoms with Crippen LogP contribution in [0.15, 0.2) is 46.6 Å². The van der Waals surface area contributed by atoms with Crippen molar-refractivity contribution in [2.45, 2.75) is 39.5 Å². The number of carbonyl (C=O) groups is 2. The number of nitrogens with one attached hydrogen (secondary N) is 1. The van der Waals surface area contributed by atoms with Crippen LogP contribution in [0.3, 0.4) is 0 Å². The number of phenols is 1. The van der Waals surface area contributed by atoms with Gasteiger partial charge in [0.2, 0.25) is 0 Å². The maximum atomic E-state index is 12.6. The smallest absolute Gasteiger partial charge is 0.303 e. The summed E-state index contributed by atoms with van der Waals surface area (Å²) in [7, 11) is 0. The molecule has 4 rings (SSSR count). The highest BCUT2D eigenvalue weighted by atomic mass is 16.4. The predicted octanol–water partition coefficient (Wildman–Crippen LogP) is 4.04. The lowest BCUT2D eigenvalue weighted by atomic mass is 9.86. The zero-order chi connectivity index (χ0) is 23.5. The lowest BCUT2D eigenvalue weighted by molar-refractivity contribution is -0.137. The summed E-state index contributed by atoms with van der Waals surface area (Å²) in [4.78, 5) is 23.3. The minimum atomic E-state index is -0.917. The molecule has 170 valence electrons. The highest BCUT2D eigenvalue weighted by Gasteiger charge is 2.29. The van der Waals surface area contributed by atoms with Crippen LogP contribution in [0.25, 0.3) is 11.6 Å². The number of anilines is 1. The van der Waals surface area contributed by atoms with Crippen LogP contribution >= 0.6 is 0 Å². The van der Waals surface area contributed by atoms with E-state index in [-0.39, 0.29) is 24.4 Å². The van der Waals surface area contributed by atoms with Gasteiger partial charge in [-0.05, 0) is 61.4 Å². The Kier molecular flexibility index (Phi) is 6.26. The van der Waals surface area contributed by atoms with E-state index in [4.69, 9.17) is 5.11 Å². The molecule has 2 aliphatic rings. The number of rotatable bonds is 7. The average molecular weight is 447 g/mol. The second-order valence-corrected chi connectivity index (χ2v) is 8.20. The number of benzene rings is 2. The van der Waals surface area contributed by atoms with Gasteiger partial charge in [0.05, 0.1) is 11.4 Å². The van der Waals surface area contributed by atoms with Crippen molar-refractivity contribution in [2.75, 3.05) is 12.0 Å². The summed E-state index contributed by atoms with van der Waals surface area (Å²) < 4.78 is 0. The minimum Gasteiger partial charge on any atom is -0.505 e. The summed E-state index contributed by atoms with van der Waals surface area (Å²) in [5, 5.41) is 29.3. The van der Waals surface area contributed by atoms with Crippen molar-refractivity contribution in [3.8, 4) is 5.75 Å². The van der Waals surface area contributed by atoms with Crippen LogP contribution in [-0.4, -0.2) is 45.1 Å². The summed E-state index contributed by atoms with van der Waals surface area (Å²) in [5.41, 5.74) is 9.25. The van der Waals surface area contributed by atoms with Crippen LogP contribution in [0.2, 0.25) is 0 Å². The molecule has 3 N–H and O–H groups in total. The van der Waals surface area contributed by atoms with Crippen LogP contribution in [-0.2, 0) is 16.0 Å². The first-order valence-electron chi connectivity index (χ1n) is 10.9. The van der Waals surface area contributed by atoms with Gasteiger partial charge in [-0.3, -0.25) is 15.0 Å². The number of hydrogen-bond donors (Lipinski definition) is 3. The number of para-hydroxylation sites is 1. The fraction of sp³-hybridized carbons (Fsp3) is 0.280. The molecule has 0 saturated heterocycles. The lowest BCUT2D eigenvalue weighted by Crippen LogP contribution is -2.29. The fourth-order valence-electron chi connectivity index (χ4n) is 4.11. The Morgan fingerprint density at radius 3 is 2.76 bits per heavy atom. The van der Waals surface area contributed by atoms with E-state index in [1.165, 1.54) is 21.7 Å². The summed E-state index contributed by atoms with van der Waals surface area (Å²) in [6, 6.07) is 11.7. The molecule has 0 radical (unpaired) electrons. The second-order valence-electron chi connectivity index (χ2n) is 8.20. The normalized spacial score (nSPS) is 16.5. The van der Waals surface area contributed by atoms with Crippen molar-refractivity contribution < 1.29 is 19.8 Å². The number of amides is 1. The van der Waals surface area contributed by atoms with Crippen molar-refractivity contribution in [1.29, 1.82) is 0 Å². The Hall–Kier alpha value is -3.94. The van der Waals surface area contributed by atoms with Crippen molar-refractivity contribution in [2.24, 2.45) is 10.2 Å². The summed E-state index contributed by atoms with van der Waals surface area (Å²) >= 11 is 0. The average Bonchev–Trinajstić information content (AvgIpc) is 3.05. The number of fused-ring (bicyclic) bond motifs is 1. The van der Waals surface area contributed by atoms with E-state index in [2.05, 4.69) is 46.8 Å². The van der Waals surface area contributed by atoms with Gasteiger partial charge in [0.25, 0.3) is 5.91 Å². The number of carboxylic acids is 1. The Labute approximate surface area is 191 Å². The number of carboxylic acid groups (broad SMARTS) is 1. The molecule has 0 aromatic heterocycles. The summed E-state index contributed by atoms with van der Waals surface area (Å²) in [6.45, 7) is 3.95. The number of aromatic hydroxyl groups is 1. The molecule has 1 amide bonds. The van der Waals surface area contributed by atoms with E-state index < -0.39 is 11.9 Å². The van der Waals surface area contributed by atoms with E-state index in [1.54, 1.807) is 13.0 Å². The van der Waals surface area contributed by atoms with E-state index in [0.29, 0.717) is 17.8 Å². The highest BCUT2D eigenvalue weighted by molar-refractivity contribution is 6.68. The standard InChI is InChI=1S/C25H26N4O4/c1-15-6-3-7-17-11-12-18(14-20(15)17)19-8-4-9-21(24(19)32)26-27-23-16(2)28-29(25(23)33)13-5-10-22(30)31/h3-4,6-9,14,26,32H,5,10-13H2,1-2H3,(H,30,31)/b27-23-. The molecule has 1 heterocycles. The number of aryl methyl sites for hydroxylation is 2. The maximum Gasteiger partial charge on any atom is 0.303 e. The quantitative estimate of drug-likeness (QED) is 0.439. The van der Waals surface area contributed by atoms with Gasteiger partial charge in [0.15, 0.2) is 5.71 Å².